The van der Waals surface area contributed by atoms with Crippen LogP contribution in [0.5, 0.6) is 0 Å². The second-order valence-electron chi connectivity index (χ2n) is 5.20. The minimum atomic E-state index is -0.535. The van der Waals surface area contributed by atoms with Gasteiger partial charge in [-0.25, -0.2) is 14.3 Å². The molecule has 0 aliphatic heterocycles. The molecule has 23 heavy (non-hydrogen) atoms. The smallest absolute Gasteiger partial charge is 0.356 e. The van der Waals surface area contributed by atoms with E-state index in [1.807, 2.05) is 43.3 Å². The van der Waals surface area contributed by atoms with E-state index in [1.165, 1.54) is 17.7 Å². The minimum absolute atomic E-state index is 0.152. The summed E-state index contributed by atoms with van der Waals surface area (Å²) in [5.74, 6) is -0.535. The summed E-state index contributed by atoms with van der Waals surface area (Å²) in [4.78, 5) is 17.9. The van der Waals surface area contributed by atoms with Crippen molar-refractivity contribution in [3.05, 3.63) is 47.2 Å². The van der Waals surface area contributed by atoms with Gasteiger partial charge in [0.05, 0.1) is 12.8 Å². The van der Waals surface area contributed by atoms with E-state index in [9.17, 15) is 4.79 Å². The van der Waals surface area contributed by atoms with Crippen molar-refractivity contribution in [2.24, 2.45) is 0 Å². The number of halogens is 1. The zero-order valence-corrected chi connectivity index (χ0v) is 13.7. The third kappa shape index (κ3) is 2.85. The van der Waals surface area contributed by atoms with Gasteiger partial charge in [0.1, 0.15) is 5.15 Å². The predicted molar refractivity (Wildman–Crippen MR) is 89.1 cm³/mol. The molecule has 0 bridgehead atoms. The van der Waals surface area contributed by atoms with E-state index in [0.717, 1.165) is 16.9 Å². The second kappa shape index (κ2) is 5.89. The first kappa shape index (κ1) is 15.3. The van der Waals surface area contributed by atoms with Crippen LogP contribution in [0.15, 0.2) is 36.4 Å². The average Bonchev–Trinajstić information content (AvgIpc) is 2.98. The van der Waals surface area contributed by atoms with Crippen LogP contribution in [0.4, 0.5) is 5.69 Å². The summed E-state index contributed by atoms with van der Waals surface area (Å²) in [6, 6.07) is 11.2. The molecule has 3 rings (SSSR count). The summed E-state index contributed by atoms with van der Waals surface area (Å²) in [5.41, 5.74) is 3.41. The van der Waals surface area contributed by atoms with E-state index >= 15 is 0 Å². The van der Waals surface area contributed by atoms with Crippen molar-refractivity contribution in [3.63, 3.8) is 0 Å². The first-order valence-electron chi connectivity index (χ1n) is 6.92. The topological polar surface area (TPSA) is 59.7 Å². The number of esters is 1. The first-order chi connectivity index (χ1) is 11.0. The van der Waals surface area contributed by atoms with Gasteiger partial charge in [-0.15, -0.1) is 0 Å². The summed E-state index contributed by atoms with van der Waals surface area (Å²) in [7, 11) is 5.27. The molecule has 118 valence electrons. The lowest BCUT2D eigenvalue weighted by atomic mass is 10.1. The molecule has 0 fully saturated rings. The zero-order chi connectivity index (χ0) is 16.6. The molecule has 7 heteroatoms. The number of methoxy groups -OCH3 is 1. The number of hydrogen-bond donors (Lipinski definition) is 0. The van der Waals surface area contributed by atoms with Crippen molar-refractivity contribution in [1.82, 2.24) is 14.6 Å². The lowest BCUT2D eigenvalue weighted by Crippen LogP contribution is -2.07. The van der Waals surface area contributed by atoms with Gasteiger partial charge in [-0.05, 0) is 12.1 Å². The monoisotopic (exact) mass is 330 g/mol. The number of hydrogen-bond acceptors (Lipinski definition) is 5. The largest absolute Gasteiger partial charge is 0.464 e. The van der Waals surface area contributed by atoms with Gasteiger partial charge in [0.2, 0.25) is 0 Å². The van der Waals surface area contributed by atoms with Gasteiger partial charge in [0.15, 0.2) is 11.3 Å². The molecule has 6 nitrogen and oxygen atoms in total. The highest BCUT2D eigenvalue weighted by Crippen LogP contribution is 2.24. The van der Waals surface area contributed by atoms with Crippen molar-refractivity contribution < 1.29 is 9.53 Å². The Morgan fingerprint density at radius 1 is 1.22 bits per heavy atom. The minimum Gasteiger partial charge on any atom is -0.464 e. The first-order valence-corrected chi connectivity index (χ1v) is 7.30. The number of benzene rings is 1. The standard InChI is InChI=1S/C16H15ClN4O2/c1-20(2)11-6-4-10(5-7-11)12-9-15-18-13(16(22)23-3)8-14(17)21(15)19-12/h4-9H,1-3H3. The van der Waals surface area contributed by atoms with Crippen molar-refractivity contribution in [2.45, 2.75) is 0 Å². The van der Waals surface area contributed by atoms with Crippen molar-refractivity contribution in [3.8, 4) is 11.3 Å². The Balaban J connectivity index is 2.05. The van der Waals surface area contributed by atoms with Crippen LogP contribution in [0.2, 0.25) is 5.15 Å². The number of rotatable bonds is 3. The van der Waals surface area contributed by atoms with E-state index in [2.05, 4.69) is 14.8 Å². The third-order valence-corrected chi connectivity index (χ3v) is 3.73. The van der Waals surface area contributed by atoms with Crippen molar-refractivity contribution in [1.29, 1.82) is 0 Å². The second-order valence-corrected chi connectivity index (χ2v) is 5.58. The molecular formula is C16H15ClN4O2. The van der Waals surface area contributed by atoms with Crippen LogP contribution < -0.4 is 4.90 Å². The van der Waals surface area contributed by atoms with Gasteiger partial charge in [-0.1, -0.05) is 23.7 Å². The van der Waals surface area contributed by atoms with Crippen LogP contribution in [0, 0.1) is 0 Å². The molecule has 0 aliphatic rings. The van der Waals surface area contributed by atoms with E-state index in [-0.39, 0.29) is 5.69 Å². The highest BCUT2D eigenvalue weighted by Gasteiger charge is 2.14. The zero-order valence-electron chi connectivity index (χ0n) is 12.9. The van der Waals surface area contributed by atoms with Gasteiger partial charge in [-0.3, -0.25) is 0 Å². The molecule has 0 radical (unpaired) electrons. The van der Waals surface area contributed by atoms with Gasteiger partial charge >= 0.3 is 5.97 Å². The number of fused-ring (bicyclic) bond motifs is 1. The summed E-state index contributed by atoms with van der Waals surface area (Å²) in [6.07, 6.45) is 0. The van der Waals surface area contributed by atoms with Crippen molar-refractivity contribution >= 4 is 28.9 Å². The Hall–Kier alpha value is -2.60. The molecule has 0 saturated carbocycles. The predicted octanol–water partition coefficient (Wildman–Crippen LogP) is 2.90. The Kier molecular flexibility index (Phi) is 3.92. The van der Waals surface area contributed by atoms with Gasteiger partial charge in [0.25, 0.3) is 0 Å². The van der Waals surface area contributed by atoms with E-state index in [1.54, 1.807) is 6.07 Å². The molecule has 1 aromatic carbocycles. The van der Waals surface area contributed by atoms with Gasteiger partial charge in [0, 0.05) is 37.5 Å². The van der Waals surface area contributed by atoms with Gasteiger partial charge in [-0.2, -0.15) is 5.10 Å². The van der Waals surface area contributed by atoms with E-state index in [0.29, 0.717) is 10.8 Å². The molecule has 0 atom stereocenters. The third-order valence-electron chi connectivity index (χ3n) is 3.46. The van der Waals surface area contributed by atoms with Crippen LogP contribution in [0.25, 0.3) is 16.9 Å². The molecule has 0 N–H and O–H groups in total. The Morgan fingerprint density at radius 3 is 2.52 bits per heavy atom. The van der Waals surface area contributed by atoms with E-state index < -0.39 is 5.97 Å². The highest BCUT2D eigenvalue weighted by molar-refractivity contribution is 6.30. The maximum atomic E-state index is 11.6. The van der Waals surface area contributed by atoms with Crippen molar-refractivity contribution in [2.75, 3.05) is 26.1 Å². The molecule has 0 spiro atoms. The molecule has 0 saturated heterocycles. The Bertz CT molecular complexity index is 872. The number of ether oxygens (including phenoxy) is 1. The maximum Gasteiger partial charge on any atom is 0.356 e. The number of carbonyl (C=O) groups is 1. The molecule has 2 heterocycles. The van der Waals surface area contributed by atoms with Crippen LogP contribution in [0.3, 0.4) is 0 Å². The number of nitrogens with zero attached hydrogens (tertiary/aromatic N) is 4. The molecular weight excluding hydrogens is 316 g/mol. The fourth-order valence-electron chi connectivity index (χ4n) is 2.22. The van der Waals surface area contributed by atoms with Crippen LogP contribution in [-0.2, 0) is 4.74 Å². The number of anilines is 1. The molecule has 0 aliphatic carbocycles. The molecule has 0 unspecified atom stereocenters. The molecule has 3 aromatic rings. The maximum absolute atomic E-state index is 11.6. The van der Waals surface area contributed by atoms with Crippen LogP contribution in [0.1, 0.15) is 10.5 Å². The Labute approximate surface area is 138 Å². The van der Waals surface area contributed by atoms with Crippen LogP contribution in [-0.4, -0.2) is 41.8 Å². The number of carbonyl (C=O) groups excluding carboxylic acids is 1. The quantitative estimate of drug-likeness (QED) is 0.546. The fourth-order valence-corrected chi connectivity index (χ4v) is 2.45. The van der Waals surface area contributed by atoms with E-state index in [4.69, 9.17) is 11.6 Å². The fraction of sp³-hybridized carbons (Fsp3) is 0.188. The summed E-state index contributed by atoms with van der Waals surface area (Å²) in [6.45, 7) is 0. The van der Waals surface area contributed by atoms with Gasteiger partial charge < -0.3 is 9.64 Å². The lowest BCUT2D eigenvalue weighted by Gasteiger charge is -2.11. The summed E-state index contributed by atoms with van der Waals surface area (Å²) < 4.78 is 6.16. The molecule has 2 aromatic heterocycles. The normalized spacial score (nSPS) is 10.8. The Morgan fingerprint density at radius 2 is 1.91 bits per heavy atom. The SMILES string of the molecule is COC(=O)c1cc(Cl)n2nc(-c3ccc(N(C)C)cc3)cc2n1. The van der Waals surface area contributed by atoms with Crippen LogP contribution >= 0.6 is 11.6 Å². The lowest BCUT2D eigenvalue weighted by molar-refractivity contribution is 0.0594. The number of aromatic nitrogens is 3. The summed E-state index contributed by atoms with van der Waals surface area (Å²) >= 11 is 6.18. The average molecular weight is 331 g/mol. The molecule has 0 amide bonds. The highest BCUT2D eigenvalue weighted by atomic mass is 35.5. The summed E-state index contributed by atoms with van der Waals surface area (Å²) in [5, 5.41) is 4.74.